The number of anilines is 2. The zero-order valence-electron chi connectivity index (χ0n) is 7.95. The van der Waals surface area contributed by atoms with Gasteiger partial charge in [0.05, 0.1) is 11.8 Å². The second-order valence-electron chi connectivity index (χ2n) is 2.96. The molecule has 4 heteroatoms. The molecule has 1 unspecified atom stereocenters. The largest absolute Gasteiger partial charge is 0.473 e. The van der Waals surface area contributed by atoms with Gasteiger partial charge in [0, 0.05) is 6.20 Å². The summed E-state index contributed by atoms with van der Waals surface area (Å²) in [5, 5.41) is 0. The number of nitrogen functional groups attached to an aromatic ring is 2. The van der Waals surface area contributed by atoms with Gasteiger partial charge < -0.3 is 16.2 Å². The second kappa shape index (κ2) is 3.98. The molecule has 0 radical (unpaired) electrons. The lowest BCUT2D eigenvalue weighted by Gasteiger charge is -2.13. The fourth-order valence-electron chi connectivity index (χ4n) is 0.836. The predicted octanol–water partition coefficient (Wildman–Crippen LogP) is 1.42. The average molecular weight is 181 g/mol. The molecule has 0 saturated carbocycles. The van der Waals surface area contributed by atoms with Gasteiger partial charge in [0.15, 0.2) is 0 Å². The minimum absolute atomic E-state index is 0.108. The highest BCUT2D eigenvalue weighted by atomic mass is 16.5. The maximum Gasteiger partial charge on any atom is 0.239 e. The third kappa shape index (κ3) is 2.24. The van der Waals surface area contributed by atoms with Crippen molar-refractivity contribution in [2.45, 2.75) is 26.4 Å². The molecule has 0 fully saturated rings. The highest BCUT2D eigenvalue weighted by Crippen LogP contribution is 2.24. The van der Waals surface area contributed by atoms with Crippen LogP contribution < -0.4 is 16.2 Å². The Balaban J connectivity index is 2.83. The third-order valence-corrected chi connectivity index (χ3v) is 1.88. The molecule has 13 heavy (non-hydrogen) atoms. The molecule has 0 saturated heterocycles. The van der Waals surface area contributed by atoms with E-state index in [1.165, 1.54) is 0 Å². The van der Waals surface area contributed by atoms with Gasteiger partial charge in [0.1, 0.15) is 5.69 Å². The lowest BCUT2D eigenvalue weighted by atomic mass is 10.3. The molecule has 1 heterocycles. The molecule has 0 aliphatic rings. The summed E-state index contributed by atoms with van der Waals surface area (Å²) in [5.41, 5.74) is 12.2. The van der Waals surface area contributed by atoms with Crippen molar-refractivity contribution in [3.8, 4) is 5.88 Å². The molecule has 4 N–H and O–H groups in total. The molecule has 4 nitrogen and oxygen atoms in total. The van der Waals surface area contributed by atoms with Gasteiger partial charge in [-0.2, -0.15) is 0 Å². The Morgan fingerprint density at radius 3 is 2.85 bits per heavy atom. The Kier molecular flexibility index (Phi) is 2.95. The van der Waals surface area contributed by atoms with Crippen molar-refractivity contribution >= 4 is 11.4 Å². The summed E-state index contributed by atoms with van der Waals surface area (Å²) >= 11 is 0. The van der Waals surface area contributed by atoms with E-state index in [4.69, 9.17) is 16.2 Å². The van der Waals surface area contributed by atoms with Crippen molar-refractivity contribution in [1.82, 2.24) is 4.98 Å². The zero-order valence-corrected chi connectivity index (χ0v) is 7.95. The first-order valence-electron chi connectivity index (χ1n) is 4.31. The molecule has 0 bridgehead atoms. The molecule has 0 aliphatic heterocycles. The van der Waals surface area contributed by atoms with Crippen LogP contribution in [0.4, 0.5) is 11.4 Å². The Morgan fingerprint density at radius 1 is 1.54 bits per heavy atom. The smallest absolute Gasteiger partial charge is 0.239 e. The fraction of sp³-hybridized carbons (Fsp3) is 0.444. The van der Waals surface area contributed by atoms with Crippen LogP contribution in [0.3, 0.4) is 0 Å². The topological polar surface area (TPSA) is 74.2 Å². The molecule has 1 atom stereocenters. The summed E-state index contributed by atoms with van der Waals surface area (Å²) in [6.07, 6.45) is 2.61. The number of ether oxygens (including phenoxy) is 1. The first-order chi connectivity index (χ1) is 6.15. The van der Waals surface area contributed by atoms with Crippen LogP contribution in [0.1, 0.15) is 20.3 Å². The number of nitrogens with two attached hydrogens (primary N) is 2. The highest BCUT2D eigenvalue weighted by Gasteiger charge is 2.07. The number of pyridine rings is 1. The Bertz CT molecular complexity index is 288. The van der Waals surface area contributed by atoms with Crippen LogP contribution in [-0.2, 0) is 0 Å². The Hall–Kier alpha value is -1.45. The van der Waals surface area contributed by atoms with Crippen LogP contribution in [0.25, 0.3) is 0 Å². The van der Waals surface area contributed by atoms with Crippen LogP contribution in [0, 0.1) is 0 Å². The minimum atomic E-state index is 0.108. The van der Waals surface area contributed by atoms with Crippen LogP contribution in [-0.4, -0.2) is 11.1 Å². The summed E-state index contributed by atoms with van der Waals surface area (Å²) in [6, 6.07) is 1.65. The standard InChI is InChI=1S/C9H15N3O/c1-3-6(2)13-9-8(11)7(10)4-5-12-9/h4-6H,3,11H2,1-2H3,(H2,10,12). The van der Waals surface area contributed by atoms with E-state index in [1.807, 2.05) is 13.8 Å². The molecule has 0 aliphatic carbocycles. The maximum absolute atomic E-state index is 5.67. The molecule has 1 rings (SSSR count). The Morgan fingerprint density at radius 2 is 2.23 bits per heavy atom. The molecule has 0 amide bonds. The zero-order chi connectivity index (χ0) is 9.84. The van der Waals surface area contributed by atoms with Gasteiger partial charge in [-0.3, -0.25) is 0 Å². The summed E-state index contributed by atoms with van der Waals surface area (Å²) in [5.74, 6) is 0.425. The number of nitrogens with zero attached hydrogens (tertiary/aromatic N) is 1. The van der Waals surface area contributed by atoms with Gasteiger partial charge in [-0.05, 0) is 19.4 Å². The molecular weight excluding hydrogens is 166 g/mol. The van der Waals surface area contributed by atoms with E-state index in [-0.39, 0.29) is 6.10 Å². The van der Waals surface area contributed by atoms with Gasteiger partial charge in [0.2, 0.25) is 5.88 Å². The second-order valence-corrected chi connectivity index (χ2v) is 2.96. The normalized spacial score (nSPS) is 12.5. The van der Waals surface area contributed by atoms with E-state index < -0.39 is 0 Å². The van der Waals surface area contributed by atoms with Crippen molar-refractivity contribution in [2.24, 2.45) is 0 Å². The van der Waals surface area contributed by atoms with E-state index in [0.717, 1.165) is 6.42 Å². The van der Waals surface area contributed by atoms with E-state index in [1.54, 1.807) is 12.3 Å². The average Bonchev–Trinajstić information content (AvgIpc) is 2.13. The molecule has 1 aromatic heterocycles. The van der Waals surface area contributed by atoms with Gasteiger partial charge in [-0.1, -0.05) is 6.92 Å². The highest BCUT2D eigenvalue weighted by molar-refractivity contribution is 5.67. The van der Waals surface area contributed by atoms with E-state index in [2.05, 4.69) is 4.98 Å². The number of rotatable bonds is 3. The van der Waals surface area contributed by atoms with Crippen LogP contribution in [0.2, 0.25) is 0 Å². The first kappa shape index (κ1) is 9.64. The number of aromatic nitrogens is 1. The monoisotopic (exact) mass is 181 g/mol. The van der Waals surface area contributed by atoms with E-state index in [0.29, 0.717) is 17.3 Å². The molecule has 1 aromatic rings. The van der Waals surface area contributed by atoms with Crippen molar-refractivity contribution in [1.29, 1.82) is 0 Å². The van der Waals surface area contributed by atoms with Gasteiger partial charge in [-0.15, -0.1) is 0 Å². The minimum Gasteiger partial charge on any atom is -0.473 e. The number of hydrogen-bond donors (Lipinski definition) is 2. The van der Waals surface area contributed by atoms with Crippen molar-refractivity contribution < 1.29 is 4.74 Å². The lowest BCUT2D eigenvalue weighted by Crippen LogP contribution is -2.12. The molecule has 72 valence electrons. The van der Waals surface area contributed by atoms with Crippen LogP contribution in [0.15, 0.2) is 12.3 Å². The third-order valence-electron chi connectivity index (χ3n) is 1.88. The lowest BCUT2D eigenvalue weighted by molar-refractivity contribution is 0.210. The summed E-state index contributed by atoms with van der Waals surface area (Å²) in [7, 11) is 0. The van der Waals surface area contributed by atoms with Crippen LogP contribution in [0.5, 0.6) is 5.88 Å². The van der Waals surface area contributed by atoms with Crippen LogP contribution >= 0.6 is 0 Å². The van der Waals surface area contributed by atoms with Gasteiger partial charge in [-0.25, -0.2) is 4.98 Å². The van der Waals surface area contributed by atoms with E-state index in [9.17, 15) is 0 Å². The molecular formula is C9H15N3O. The number of hydrogen-bond acceptors (Lipinski definition) is 4. The summed E-state index contributed by atoms with van der Waals surface area (Å²) in [6.45, 7) is 4.00. The first-order valence-corrected chi connectivity index (χ1v) is 4.31. The predicted molar refractivity (Wildman–Crippen MR) is 53.4 cm³/mol. The quantitative estimate of drug-likeness (QED) is 0.739. The SMILES string of the molecule is CCC(C)Oc1nccc(N)c1N. The molecule has 0 aromatic carbocycles. The van der Waals surface area contributed by atoms with Crippen molar-refractivity contribution in [3.05, 3.63) is 12.3 Å². The van der Waals surface area contributed by atoms with E-state index >= 15 is 0 Å². The fourth-order valence-corrected chi connectivity index (χ4v) is 0.836. The maximum atomic E-state index is 5.67. The van der Waals surface area contributed by atoms with Gasteiger partial charge >= 0.3 is 0 Å². The Labute approximate surface area is 77.9 Å². The molecule has 0 spiro atoms. The summed E-state index contributed by atoms with van der Waals surface area (Å²) in [4.78, 5) is 4.00. The van der Waals surface area contributed by atoms with Crippen molar-refractivity contribution in [3.63, 3.8) is 0 Å². The summed E-state index contributed by atoms with van der Waals surface area (Å²) < 4.78 is 5.46. The van der Waals surface area contributed by atoms with Crippen molar-refractivity contribution in [2.75, 3.05) is 11.5 Å². The van der Waals surface area contributed by atoms with Gasteiger partial charge in [0.25, 0.3) is 0 Å².